The van der Waals surface area contributed by atoms with Crippen LogP contribution in [-0.2, 0) is 0 Å². The van der Waals surface area contributed by atoms with Gasteiger partial charge in [-0.05, 0) is 30.7 Å². The first-order valence-electron chi connectivity index (χ1n) is 8.28. The number of aliphatic hydroxyl groups excluding tert-OH is 1. The van der Waals surface area contributed by atoms with Gasteiger partial charge in [-0.1, -0.05) is 13.3 Å². The average molecular weight is 343 g/mol. The van der Waals surface area contributed by atoms with Gasteiger partial charge in [0.25, 0.3) is 0 Å². The van der Waals surface area contributed by atoms with Crippen LogP contribution in [0.3, 0.4) is 0 Å². The molecular formula is C18H21N3O4. The van der Waals surface area contributed by atoms with Gasteiger partial charge in [0.15, 0.2) is 0 Å². The Bertz CT molecular complexity index is 847. The molecule has 0 spiro atoms. The van der Waals surface area contributed by atoms with Crippen molar-refractivity contribution in [3.63, 3.8) is 0 Å². The van der Waals surface area contributed by atoms with Gasteiger partial charge in [-0.15, -0.1) is 15.0 Å². The van der Waals surface area contributed by atoms with E-state index in [1.807, 2.05) is 0 Å². The minimum atomic E-state index is -0.0503. The molecule has 0 unspecified atom stereocenters. The molecule has 7 nitrogen and oxygen atoms in total. The van der Waals surface area contributed by atoms with Crippen LogP contribution < -0.4 is 9.47 Å². The van der Waals surface area contributed by atoms with E-state index in [0.29, 0.717) is 34.8 Å². The summed E-state index contributed by atoms with van der Waals surface area (Å²) in [5.41, 5.74) is 1.79. The zero-order chi connectivity index (χ0) is 17.6. The number of aromatic nitrogens is 3. The smallest absolute Gasteiger partial charge is 0.146 e. The summed E-state index contributed by atoms with van der Waals surface area (Å²) in [4.78, 5) is 1.38. The molecule has 25 heavy (non-hydrogen) atoms. The number of rotatable bonds is 8. The maximum atomic E-state index is 10.3. The van der Waals surface area contributed by atoms with Gasteiger partial charge in [-0.2, -0.15) is 0 Å². The number of fused-ring (bicyclic) bond motifs is 1. The Hall–Kier alpha value is -2.80. The fourth-order valence-electron chi connectivity index (χ4n) is 2.35. The summed E-state index contributed by atoms with van der Waals surface area (Å²) in [6, 6.07) is 10.4. The number of ether oxygens (including phenoxy) is 2. The molecule has 3 aromatic rings. The van der Waals surface area contributed by atoms with Gasteiger partial charge >= 0.3 is 0 Å². The van der Waals surface area contributed by atoms with Crippen LogP contribution in [0.5, 0.6) is 17.2 Å². The van der Waals surface area contributed by atoms with Crippen molar-refractivity contribution in [1.29, 1.82) is 0 Å². The van der Waals surface area contributed by atoms with Crippen LogP contribution >= 0.6 is 0 Å². The SMILES string of the molecule is CCCCOc1ccc(-n2nc3ccc(OCCO)cc3n2)c(O)c1. The van der Waals surface area contributed by atoms with Gasteiger partial charge < -0.3 is 19.7 Å². The molecule has 0 saturated carbocycles. The number of phenolic OH excluding ortho intramolecular Hbond substituents is 1. The molecule has 0 fully saturated rings. The number of unbranched alkanes of at least 4 members (excludes halogenated alkanes) is 1. The topological polar surface area (TPSA) is 89.6 Å². The Morgan fingerprint density at radius 1 is 0.960 bits per heavy atom. The van der Waals surface area contributed by atoms with Gasteiger partial charge in [0.2, 0.25) is 0 Å². The van der Waals surface area contributed by atoms with Crippen LogP contribution in [0.4, 0.5) is 0 Å². The van der Waals surface area contributed by atoms with Crippen molar-refractivity contribution in [2.24, 2.45) is 0 Å². The number of hydrogen-bond donors (Lipinski definition) is 2. The molecule has 0 aliphatic heterocycles. The van der Waals surface area contributed by atoms with E-state index in [1.54, 1.807) is 36.4 Å². The van der Waals surface area contributed by atoms with E-state index in [4.69, 9.17) is 14.6 Å². The first-order chi connectivity index (χ1) is 12.2. The fourth-order valence-corrected chi connectivity index (χ4v) is 2.35. The van der Waals surface area contributed by atoms with Gasteiger partial charge in [0.1, 0.15) is 40.6 Å². The monoisotopic (exact) mass is 343 g/mol. The summed E-state index contributed by atoms with van der Waals surface area (Å²) in [5.74, 6) is 1.27. The highest BCUT2D eigenvalue weighted by Gasteiger charge is 2.11. The van der Waals surface area contributed by atoms with E-state index in [9.17, 15) is 5.11 Å². The molecule has 7 heteroatoms. The van der Waals surface area contributed by atoms with Crippen LogP contribution in [0.25, 0.3) is 16.7 Å². The molecule has 2 aromatic carbocycles. The number of aliphatic hydroxyl groups is 1. The van der Waals surface area contributed by atoms with Gasteiger partial charge in [0, 0.05) is 12.1 Å². The number of nitrogens with zero attached hydrogens (tertiary/aromatic N) is 3. The van der Waals surface area contributed by atoms with Crippen molar-refractivity contribution in [3.8, 4) is 22.9 Å². The molecular weight excluding hydrogens is 322 g/mol. The number of phenols is 1. The van der Waals surface area contributed by atoms with Gasteiger partial charge in [-0.25, -0.2) is 0 Å². The molecule has 1 heterocycles. The number of aromatic hydroxyl groups is 1. The Balaban J connectivity index is 1.83. The van der Waals surface area contributed by atoms with E-state index in [0.717, 1.165) is 12.8 Å². The predicted octanol–water partition coefficient (Wildman–Crippen LogP) is 2.68. The molecule has 0 saturated heterocycles. The summed E-state index contributed by atoms with van der Waals surface area (Å²) in [6.07, 6.45) is 2.02. The van der Waals surface area contributed by atoms with Gasteiger partial charge in [-0.3, -0.25) is 0 Å². The van der Waals surface area contributed by atoms with Crippen molar-refractivity contribution in [1.82, 2.24) is 15.0 Å². The van der Waals surface area contributed by atoms with Crippen molar-refractivity contribution in [3.05, 3.63) is 36.4 Å². The highest BCUT2D eigenvalue weighted by atomic mass is 16.5. The second-order valence-electron chi connectivity index (χ2n) is 5.56. The van der Waals surface area contributed by atoms with Crippen LogP contribution in [-0.4, -0.2) is 45.0 Å². The van der Waals surface area contributed by atoms with E-state index in [2.05, 4.69) is 17.1 Å². The Labute approximate surface area is 145 Å². The zero-order valence-corrected chi connectivity index (χ0v) is 14.1. The molecule has 0 amide bonds. The lowest BCUT2D eigenvalue weighted by Crippen LogP contribution is -2.01. The lowest BCUT2D eigenvalue weighted by molar-refractivity contribution is 0.201. The predicted molar refractivity (Wildman–Crippen MR) is 93.5 cm³/mol. The number of benzene rings is 2. The minimum absolute atomic E-state index is 0.0473. The standard InChI is InChI=1S/C18H21N3O4/c1-2-3-9-24-14-5-7-17(18(23)12-14)21-19-15-6-4-13(25-10-8-22)11-16(15)20-21/h4-7,11-12,22-23H,2-3,8-10H2,1H3. The Kier molecular flexibility index (Phi) is 5.35. The van der Waals surface area contributed by atoms with Crippen molar-refractivity contribution in [2.45, 2.75) is 19.8 Å². The minimum Gasteiger partial charge on any atom is -0.505 e. The lowest BCUT2D eigenvalue weighted by Gasteiger charge is -2.08. The number of hydrogen-bond acceptors (Lipinski definition) is 6. The van der Waals surface area contributed by atoms with Crippen LogP contribution in [0.2, 0.25) is 0 Å². The third-order valence-corrected chi connectivity index (χ3v) is 3.64. The molecule has 0 aliphatic rings. The Morgan fingerprint density at radius 3 is 2.44 bits per heavy atom. The van der Waals surface area contributed by atoms with Crippen molar-refractivity contribution < 1.29 is 19.7 Å². The molecule has 0 radical (unpaired) electrons. The molecule has 0 bridgehead atoms. The summed E-state index contributed by atoms with van der Waals surface area (Å²) in [7, 11) is 0. The highest BCUT2D eigenvalue weighted by molar-refractivity contribution is 5.75. The molecule has 1 aromatic heterocycles. The first kappa shape index (κ1) is 17.0. The maximum Gasteiger partial charge on any atom is 0.146 e. The summed E-state index contributed by atoms with van der Waals surface area (Å²) in [6.45, 7) is 2.89. The Morgan fingerprint density at radius 2 is 1.68 bits per heavy atom. The molecule has 0 aliphatic carbocycles. The summed E-state index contributed by atoms with van der Waals surface area (Å²) < 4.78 is 11.0. The average Bonchev–Trinajstić information content (AvgIpc) is 3.03. The normalized spacial score (nSPS) is 11.0. The van der Waals surface area contributed by atoms with E-state index >= 15 is 0 Å². The lowest BCUT2D eigenvalue weighted by atomic mass is 10.3. The molecule has 3 rings (SSSR count). The summed E-state index contributed by atoms with van der Waals surface area (Å²) in [5, 5.41) is 27.8. The molecule has 0 atom stereocenters. The van der Waals surface area contributed by atoms with Crippen molar-refractivity contribution in [2.75, 3.05) is 19.8 Å². The van der Waals surface area contributed by atoms with E-state index in [-0.39, 0.29) is 19.0 Å². The third kappa shape index (κ3) is 4.00. The molecule has 132 valence electrons. The first-order valence-corrected chi connectivity index (χ1v) is 8.28. The van der Waals surface area contributed by atoms with Gasteiger partial charge in [0.05, 0.1) is 13.2 Å². The molecule has 2 N–H and O–H groups in total. The van der Waals surface area contributed by atoms with Crippen LogP contribution in [0.1, 0.15) is 19.8 Å². The van der Waals surface area contributed by atoms with Crippen LogP contribution in [0, 0.1) is 0 Å². The summed E-state index contributed by atoms with van der Waals surface area (Å²) >= 11 is 0. The van der Waals surface area contributed by atoms with E-state index < -0.39 is 0 Å². The van der Waals surface area contributed by atoms with E-state index in [1.165, 1.54) is 4.80 Å². The quantitative estimate of drug-likeness (QED) is 0.611. The third-order valence-electron chi connectivity index (χ3n) is 3.64. The highest BCUT2D eigenvalue weighted by Crippen LogP contribution is 2.27. The maximum absolute atomic E-state index is 10.3. The second-order valence-corrected chi connectivity index (χ2v) is 5.56. The second kappa shape index (κ2) is 7.85. The fraction of sp³-hybridized carbons (Fsp3) is 0.333. The zero-order valence-electron chi connectivity index (χ0n) is 14.1. The largest absolute Gasteiger partial charge is 0.505 e. The van der Waals surface area contributed by atoms with Crippen LogP contribution in [0.15, 0.2) is 36.4 Å². The van der Waals surface area contributed by atoms with Crippen molar-refractivity contribution >= 4 is 11.0 Å².